The first-order valence-electron chi connectivity index (χ1n) is 5.77. The molecule has 17 heavy (non-hydrogen) atoms. The first-order valence-corrected chi connectivity index (χ1v) is 6.68. The Balaban J connectivity index is 2.85. The van der Waals surface area contributed by atoms with Crippen LogP contribution in [0.15, 0.2) is 18.3 Å². The number of rotatable bonds is 3. The van der Waals surface area contributed by atoms with Crippen molar-refractivity contribution in [1.29, 1.82) is 0 Å². The van der Waals surface area contributed by atoms with Gasteiger partial charge in [-0.25, -0.2) is 0 Å². The zero-order valence-electron chi connectivity index (χ0n) is 11.5. The van der Waals surface area contributed by atoms with E-state index in [1.54, 1.807) is 6.92 Å². The standard InChI is InChI=1S/C13H21NO2Si/c1-10-9-11(7-8-14(10)15)13(5,6)16-17-12(2,3)4/h7-9H,1-6H3. The molecule has 94 valence electrons. The van der Waals surface area contributed by atoms with Crippen molar-refractivity contribution >= 4 is 9.76 Å². The second-order valence-electron chi connectivity index (χ2n) is 5.85. The Hall–Kier alpha value is -0.873. The van der Waals surface area contributed by atoms with E-state index in [4.69, 9.17) is 4.43 Å². The number of aromatic nitrogens is 1. The third-order valence-electron chi connectivity index (χ3n) is 2.41. The summed E-state index contributed by atoms with van der Waals surface area (Å²) in [4.78, 5) is 0. The van der Waals surface area contributed by atoms with Crippen LogP contribution in [0.1, 0.15) is 45.9 Å². The average molecular weight is 251 g/mol. The zero-order valence-corrected chi connectivity index (χ0v) is 12.5. The monoisotopic (exact) mass is 251 g/mol. The molecule has 4 heteroatoms. The summed E-state index contributed by atoms with van der Waals surface area (Å²) >= 11 is 0. The summed E-state index contributed by atoms with van der Waals surface area (Å²) in [5, 5.41) is 11.5. The number of hydrogen-bond donors (Lipinski definition) is 0. The fourth-order valence-corrected chi connectivity index (χ4v) is 2.00. The summed E-state index contributed by atoms with van der Waals surface area (Å²) in [6.45, 7) is 12.3. The van der Waals surface area contributed by atoms with Crippen LogP contribution in [-0.4, -0.2) is 9.76 Å². The van der Waals surface area contributed by atoms with E-state index in [9.17, 15) is 5.21 Å². The third kappa shape index (κ3) is 4.13. The Labute approximate surface area is 106 Å². The van der Waals surface area contributed by atoms with Crippen LogP contribution in [-0.2, 0) is 10.0 Å². The molecular weight excluding hydrogens is 230 g/mol. The van der Waals surface area contributed by atoms with Crippen molar-refractivity contribution in [3.05, 3.63) is 34.8 Å². The summed E-state index contributed by atoms with van der Waals surface area (Å²) in [7, 11) is 0.428. The molecule has 0 fully saturated rings. The molecule has 0 aliphatic rings. The van der Waals surface area contributed by atoms with E-state index < -0.39 is 0 Å². The molecule has 0 saturated carbocycles. The van der Waals surface area contributed by atoms with E-state index in [1.807, 2.05) is 26.0 Å². The maximum atomic E-state index is 11.3. The van der Waals surface area contributed by atoms with Gasteiger partial charge in [0.1, 0.15) is 0 Å². The molecule has 0 N–H and O–H groups in total. The van der Waals surface area contributed by atoms with Crippen molar-refractivity contribution in [2.24, 2.45) is 0 Å². The van der Waals surface area contributed by atoms with Gasteiger partial charge in [-0.3, -0.25) is 0 Å². The highest BCUT2D eigenvalue weighted by molar-refractivity contribution is 6.31. The lowest BCUT2D eigenvalue weighted by Crippen LogP contribution is -2.33. The van der Waals surface area contributed by atoms with Crippen LogP contribution in [0.5, 0.6) is 0 Å². The summed E-state index contributed by atoms with van der Waals surface area (Å²) in [6.07, 6.45) is 1.54. The molecule has 0 atom stereocenters. The number of aryl methyl sites for hydroxylation is 1. The Bertz CT molecular complexity index is 397. The van der Waals surface area contributed by atoms with Crippen molar-refractivity contribution < 1.29 is 9.16 Å². The Kier molecular flexibility index (Phi) is 3.99. The van der Waals surface area contributed by atoms with Gasteiger partial charge in [-0.1, -0.05) is 20.8 Å². The predicted molar refractivity (Wildman–Crippen MR) is 69.7 cm³/mol. The van der Waals surface area contributed by atoms with E-state index in [1.165, 1.54) is 6.20 Å². The molecule has 0 saturated heterocycles. The lowest BCUT2D eigenvalue weighted by molar-refractivity contribution is -0.612. The van der Waals surface area contributed by atoms with E-state index in [-0.39, 0.29) is 10.6 Å². The Morgan fingerprint density at radius 1 is 1.24 bits per heavy atom. The lowest BCUT2D eigenvalue weighted by Gasteiger charge is -2.29. The molecule has 1 heterocycles. The van der Waals surface area contributed by atoms with Crippen LogP contribution in [0.3, 0.4) is 0 Å². The molecule has 0 bridgehead atoms. The molecule has 3 nitrogen and oxygen atoms in total. The molecule has 0 spiro atoms. The summed E-state index contributed by atoms with van der Waals surface area (Å²) < 4.78 is 6.86. The molecule has 0 aliphatic heterocycles. The second kappa shape index (κ2) is 4.78. The van der Waals surface area contributed by atoms with Gasteiger partial charge < -0.3 is 9.63 Å². The topological polar surface area (TPSA) is 36.2 Å². The SMILES string of the molecule is Cc1cc(C(C)(C)O[Si]C(C)(C)C)cc[n+]1[O-]. The highest BCUT2D eigenvalue weighted by Gasteiger charge is 2.26. The van der Waals surface area contributed by atoms with Gasteiger partial charge in [0.15, 0.2) is 11.9 Å². The number of hydrogen-bond acceptors (Lipinski definition) is 2. The molecule has 1 aromatic heterocycles. The molecule has 0 unspecified atom stereocenters. The third-order valence-corrected chi connectivity index (χ3v) is 3.63. The second-order valence-corrected chi connectivity index (χ2v) is 7.76. The highest BCUT2D eigenvalue weighted by Crippen LogP contribution is 2.29. The number of nitrogens with zero attached hydrogens (tertiary/aromatic N) is 1. The lowest BCUT2D eigenvalue weighted by atomic mass is 9.99. The smallest absolute Gasteiger partial charge is 0.236 e. The average Bonchev–Trinajstić information content (AvgIpc) is 2.18. The van der Waals surface area contributed by atoms with Crippen molar-refractivity contribution in [2.75, 3.05) is 0 Å². The minimum atomic E-state index is -0.356. The maximum absolute atomic E-state index is 11.3. The van der Waals surface area contributed by atoms with Gasteiger partial charge >= 0.3 is 0 Å². The van der Waals surface area contributed by atoms with Gasteiger partial charge in [-0.05, 0) is 24.4 Å². The van der Waals surface area contributed by atoms with Crippen LogP contribution in [0.4, 0.5) is 0 Å². The van der Waals surface area contributed by atoms with E-state index in [0.29, 0.717) is 15.5 Å². The molecular formula is C13H21NO2Si. The first kappa shape index (κ1) is 14.2. The molecule has 1 aromatic rings. The quantitative estimate of drug-likeness (QED) is 0.470. The zero-order chi connectivity index (χ0) is 13.3. The normalized spacial score (nSPS) is 12.8. The minimum Gasteiger partial charge on any atom is -0.619 e. The molecule has 2 radical (unpaired) electrons. The summed E-state index contributed by atoms with van der Waals surface area (Å²) in [6, 6.07) is 3.72. The van der Waals surface area contributed by atoms with Gasteiger partial charge in [0.05, 0.1) is 5.60 Å². The van der Waals surface area contributed by atoms with Crippen LogP contribution in [0.25, 0.3) is 0 Å². The van der Waals surface area contributed by atoms with E-state index in [2.05, 4.69) is 20.8 Å². The predicted octanol–water partition coefficient (Wildman–Crippen LogP) is 2.72. The molecule has 1 rings (SSSR count). The van der Waals surface area contributed by atoms with E-state index >= 15 is 0 Å². The van der Waals surface area contributed by atoms with Crippen LogP contribution < -0.4 is 4.73 Å². The maximum Gasteiger partial charge on any atom is 0.236 e. The summed E-state index contributed by atoms with van der Waals surface area (Å²) in [5.41, 5.74) is 1.38. The van der Waals surface area contributed by atoms with Crippen LogP contribution in [0, 0.1) is 12.1 Å². The fourth-order valence-electron chi connectivity index (χ4n) is 1.32. The van der Waals surface area contributed by atoms with Crippen molar-refractivity contribution in [2.45, 2.75) is 52.2 Å². The van der Waals surface area contributed by atoms with Crippen molar-refractivity contribution in [3.8, 4) is 0 Å². The Morgan fingerprint density at radius 3 is 2.29 bits per heavy atom. The molecule has 0 amide bonds. The Morgan fingerprint density at radius 2 is 1.82 bits per heavy atom. The molecule has 0 aromatic carbocycles. The molecule has 0 aliphatic carbocycles. The summed E-state index contributed by atoms with van der Waals surface area (Å²) in [5.74, 6) is 0. The van der Waals surface area contributed by atoms with Gasteiger partial charge in [0, 0.05) is 19.1 Å². The van der Waals surface area contributed by atoms with Gasteiger partial charge in [0.2, 0.25) is 9.76 Å². The van der Waals surface area contributed by atoms with Crippen LogP contribution >= 0.6 is 0 Å². The number of pyridine rings is 1. The van der Waals surface area contributed by atoms with Gasteiger partial charge in [-0.15, -0.1) is 0 Å². The van der Waals surface area contributed by atoms with Crippen LogP contribution in [0.2, 0.25) is 5.04 Å². The fraction of sp³-hybridized carbons (Fsp3) is 0.615. The highest BCUT2D eigenvalue weighted by atomic mass is 28.2. The first-order chi connectivity index (χ1) is 7.62. The largest absolute Gasteiger partial charge is 0.619 e. The minimum absolute atomic E-state index is 0.166. The van der Waals surface area contributed by atoms with Crippen molar-refractivity contribution in [3.63, 3.8) is 0 Å². The van der Waals surface area contributed by atoms with Crippen molar-refractivity contribution in [1.82, 2.24) is 0 Å². The van der Waals surface area contributed by atoms with E-state index in [0.717, 1.165) is 10.3 Å². The van der Waals surface area contributed by atoms with Gasteiger partial charge in [-0.2, -0.15) is 4.73 Å². The van der Waals surface area contributed by atoms with Gasteiger partial charge in [0.25, 0.3) is 0 Å².